The maximum absolute atomic E-state index is 11.5. The summed E-state index contributed by atoms with van der Waals surface area (Å²) in [5.74, 6) is 0. The lowest BCUT2D eigenvalue weighted by Crippen LogP contribution is -2.34. The highest BCUT2D eigenvalue weighted by Crippen LogP contribution is 2.15. The number of β-amino-alcohol motifs (C(OH)–C–C–N with tert-alkyl or cyclic N) is 2. The van der Waals surface area contributed by atoms with E-state index in [0.29, 0.717) is 0 Å². The van der Waals surface area contributed by atoms with E-state index >= 15 is 0 Å². The van der Waals surface area contributed by atoms with Gasteiger partial charge in [-0.1, -0.05) is 0 Å². The van der Waals surface area contributed by atoms with Crippen molar-refractivity contribution >= 4 is 19.9 Å². The molecule has 0 spiro atoms. The zero-order chi connectivity index (χ0) is 11.9. The highest BCUT2D eigenvalue weighted by molar-refractivity contribution is 8.06. The van der Waals surface area contributed by atoms with Crippen molar-refractivity contribution in [2.24, 2.45) is 0 Å². The summed E-state index contributed by atoms with van der Waals surface area (Å²) >= 11 is 0. The van der Waals surface area contributed by atoms with E-state index in [2.05, 4.69) is 0 Å². The van der Waals surface area contributed by atoms with Crippen molar-refractivity contribution in [3.8, 4) is 0 Å². The second kappa shape index (κ2) is 3.98. The van der Waals surface area contributed by atoms with Crippen molar-refractivity contribution in [1.82, 2.24) is 4.31 Å². The van der Waals surface area contributed by atoms with Crippen molar-refractivity contribution in [3.05, 3.63) is 0 Å². The highest BCUT2D eigenvalue weighted by Gasteiger charge is 2.37. The standard InChI is InChI=1S/C6H13NO6S2/c1-14(10,11)4-15(12,13)7-2-5(8)6(9)3-7/h5-6,8-9H,2-4H2,1H3/t5-,6+. The Bertz CT molecular complexity index is 417. The monoisotopic (exact) mass is 259 g/mol. The molecule has 0 radical (unpaired) electrons. The van der Waals surface area contributed by atoms with Gasteiger partial charge in [0.2, 0.25) is 10.0 Å². The lowest BCUT2D eigenvalue weighted by atomic mass is 10.3. The van der Waals surface area contributed by atoms with Gasteiger partial charge in [-0.3, -0.25) is 0 Å². The van der Waals surface area contributed by atoms with Gasteiger partial charge in [0.15, 0.2) is 14.9 Å². The van der Waals surface area contributed by atoms with Gasteiger partial charge in [0.05, 0.1) is 12.2 Å². The van der Waals surface area contributed by atoms with Crippen molar-refractivity contribution in [1.29, 1.82) is 0 Å². The molecule has 0 aromatic heterocycles. The number of hydrogen-bond donors (Lipinski definition) is 2. The zero-order valence-corrected chi connectivity index (χ0v) is 9.70. The van der Waals surface area contributed by atoms with E-state index in [1.54, 1.807) is 0 Å². The van der Waals surface area contributed by atoms with E-state index in [9.17, 15) is 16.8 Å². The van der Waals surface area contributed by atoms with Gasteiger partial charge in [-0.25, -0.2) is 16.8 Å². The third-order valence-electron chi connectivity index (χ3n) is 1.98. The summed E-state index contributed by atoms with van der Waals surface area (Å²) in [4.78, 5) is 0. The molecule has 1 aliphatic rings. The predicted octanol–water partition coefficient (Wildman–Crippen LogP) is -2.64. The second-order valence-corrected chi connectivity index (χ2v) is 8.08. The van der Waals surface area contributed by atoms with Crippen LogP contribution in [0.1, 0.15) is 0 Å². The minimum atomic E-state index is -3.96. The van der Waals surface area contributed by atoms with Crippen LogP contribution in [0.15, 0.2) is 0 Å². The van der Waals surface area contributed by atoms with Crippen LogP contribution in [0.2, 0.25) is 0 Å². The number of sulfone groups is 1. The Morgan fingerprint density at radius 2 is 1.53 bits per heavy atom. The Morgan fingerprint density at radius 1 is 1.13 bits per heavy atom. The van der Waals surface area contributed by atoms with Crippen LogP contribution in [0, 0.1) is 0 Å². The molecule has 1 heterocycles. The van der Waals surface area contributed by atoms with Gasteiger partial charge in [-0.15, -0.1) is 0 Å². The lowest BCUT2D eigenvalue weighted by Gasteiger charge is -2.14. The molecule has 0 unspecified atom stereocenters. The molecule has 0 aromatic rings. The average molecular weight is 259 g/mol. The first-order valence-corrected chi connectivity index (χ1v) is 7.80. The van der Waals surface area contributed by atoms with Gasteiger partial charge < -0.3 is 10.2 Å². The summed E-state index contributed by atoms with van der Waals surface area (Å²) in [6.45, 7) is -0.530. The van der Waals surface area contributed by atoms with Gasteiger partial charge in [-0.05, 0) is 0 Å². The summed E-state index contributed by atoms with van der Waals surface area (Å²) in [5.41, 5.74) is 0. The van der Waals surface area contributed by atoms with Gasteiger partial charge in [0.1, 0.15) is 0 Å². The zero-order valence-electron chi connectivity index (χ0n) is 8.07. The number of aliphatic hydroxyl groups is 2. The molecule has 2 atom stereocenters. The van der Waals surface area contributed by atoms with Crippen LogP contribution in [0.4, 0.5) is 0 Å². The first kappa shape index (κ1) is 12.8. The number of sulfonamides is 1. The maximum Gasteiger partial charge on any atom is 0.228 e. The van der Waals surface area contributed by atoms with Crippen LogP contribution in [0.3, 0.4) is 0 Å². The minimum Gasteiger partial charge on any atom is -0.389 e. The molecule has 9 heteroatoms. The number of nitrogens with zero attached hydrogens (tertiary/aromatic N) is 1. The Labute approximate surface area is 88.3 Å². The minimum absolute atomic E-state index is 0.265. The number of rotatable bonds is 3. The molecule has 90 valence electrons. The van der Waals surface area contributed by atoms with Crippen LogP contribution in [-0.4, -0.2) is 68.0 Å². The van der Waals surface area contributed by atoms with Gasteiger partial charge >= 0.3 is 0 Å². The van der Waals surface area contributed by atoms with E-state index in [-0.39, 0.29) is 13.1 Å². The molecule has 15 heavy (non-hydrogen) atoms. The molecule has 1 fully saturated rings. The molecule has 1 saturated heterocycles. The molecule has 0 aliphatic carbocycles. The lowest BCUT2D eigenvalue weighted by molar-refractivity contribution is 0.0572. The van der Waals surface area contributed by atoms with Crippen molar-refractivity contribution < 1.29 is 27.0 Å². The summed E-state index contributed by atoms with van der Waals surface area (Å²) < 4.78 is 45.4. The van der Waals surface area contributed by atoms with Crippen molar-refractivity contribution in [3.63, 3.8) is 0 Å². The fourth-order valence-electron chi connectivity index (χ4n) is 1.31. The predicted molar refractivity (Wildman–Crippen MR) is 52.2 cm³/mol. The normalized spacial score (nSPS) is 29.5. The molecule has 0 aromatic carbocycles. The van der Waals surface area contributed by atoms with Crippen LogP contribution in [0.25, 0.3) is 0 Å². The summed E-state index contributed by atoms with van der Waals surface area (Å²) in [6, 6.07) is 0. The molecule has 0 saturated carbocycles. The molecule has 1 rings (SSSR count). The summed E-state index contributed by atoms with van der Waals surface area (Å²) in [5, 5.41) is 17.2. The quantitative estimate of drug-likeness (QED) is 0.573. The largest absolute Gasteiger partial charge is 0.389 e. The molecule has 7 nitrogen and oxygen atoms in total. The average Bonchev–Trinajstić information content (AvgIpc) is 2.27. The number of aliphatic hydroxyl groups excluding tert-OH is 2. The van der Waals surface area contributed by atoms with E-state index in [0.717, 1.165) is 10.6 Å². The Morgan fingerprint density at radius 3 is 1.87 bits per heavy atom. The Balaban J connectivity index is 2.81. The molecular formula is C6H13NO6S2. The van der Waals surface area contributed by atoms with E-state index in [4.69, 9.17) is 10.2 Å². The first-order chi connectivity index (χ1) is 6.62. The fourth-order valence-corrected chi connectivity index (χ4v) is 4.83. The third kappa shape index (κ3) is 3.38. The molecule has 0 bridgehead atoms. The second-order valence-electron chi connectivity index (χ2n) is 3.61. The highest BCUT2D eigenvalue weighted by atomic mass is 32.3. The van der Waals surface area contributed by atoms with E-state index < -0.39 is 37.2 Å². The Kier molecular flexibility index (Phi) is 3.41. The summed E-state index contributed by atoms with van der Waals surface area (Å²) in [6.07, 6.45) is -1.49. The molecule has 1 aliphatic heterocycles. The molecule has 2 N–H and O–H groups in total. The van der Waals surface area contributed by atoms with Crippen LogP contribution >= 0.6 is 0 Å². The van der Waals surface area contributed by atoms with Crippen LogP contribution < -0.4 is 0 Å². The fraction of sp³-hybridized carbons (Fsp3) is 1.00. The third-order valence-corrected chi connectivity index (χ3v) is 5.97. The van der Waals surface area contributed by atoms with Crippen LogP contribution in [0.5, 0.6) is 0 Å². The molecule has 0 amide bonds. The maximum atomic E-state index is 11.5. The van der Waals surface area contributed by atoms with Crippen molar-refractivity contribution in [2.45, 2.75) is 12.2 Å². The van der Waals surface area contributed by atoms with Crippen LogP contribution in [-0.2, 0) is 19.9 Å². The smallest absolute Gasteiger partial charge is 0.228 e. The van der Waals surface area contributed by atoms with E-state index in [1.807, 2.05) is 0 Å². The summed E-state index contributed by atoms with van der Waals surface area (Å²) in [7, 11) is -7.61. The van der Waals surface area contributed by atoms with Gasteiger partial charge in [0, 0.05) is 19.3 Å². The van der Waals surface area contributed by atoms with Gasteiger partial charge in [0.25, 0.3) is 0 Å². The SMILES string of the molecule is CS(=O)(=O)CS(=O)(=O)N1C[C@@H](O)[C@@H](O)C1. The topological polar surface area (TPSA) is 112 Å². The molecular weight excluding hydrogens is 246 g/mol. The van der Waals surface area contributed by atoms with E-state index in [1.165, 1.54) is 0 Å². The first-order valence-electron chi connectivity index (χ1n) is 4.13. The Hall–Kier alpha value is -0.220. The number of hydrogen-bond acceptors (Lipinski definition) is 6. The van der Waals surface area contributed by atoms with Crippen molar-refractivity contribution in [2.75, 3.05) is 24.4 Å². The van der Waals surface area contributed by atoms with Gasteiger partial charge in [-0.2, -0.15) is 4.31 Å².